The standard InChI is InChI=1S/C20H35N5O3S/c1-4-29(26,27)24-12-8-11-22-20(21-2)23-16-19(25-13-5-6-14-25)17-9-7-10-18(15-17)28-3/h7,9-10,15,19,24H,4-6,8,11-14,16H2,1-3H3,(H2,21,22,23). The Kier molecular flexibility index (Phi) is 9.69. The minimum Gasteiger partial charge on any atom is -0.497 e. The third kappa shape index (κ3) is 7.83. The summed E-state index contributed by atoms with van der Waals surface area (Å²) in [6, 6.07) is 8.47. The van der Waals surface area contributed by atoms with Gasteiger partial charge in [-0.05, 0) is 57.0 Å². The number of nitrogens with zero attached hydrogens (tertiary/aromatic N) is 2. The Labute approximate surface area is 175 Å². The van der Waals surface area contributed by atoms with Crippen LogP contribution in [0.2, 0.25) is 0 Å². The van der Waals surface area contributed by atoms with Crippen molar-refractivity contribution in [2.75, 3.05) is 52.6 Å². The molecule has 0 bridgehead atoms. The maximum absolute atomic E-state index is 11.5. The van der Waals surface area contributed by atoms with Gasteiger partial charge in [-0.25, -0.2) is 13.1 Å². The van der Waals surface area contributed by atoms with E-state index >= 15 is 0 Å². The number of likely N-dealkylation sites (tertiary alicyclic amines) is 1. The first-order valence-electron chi connectivity index (χ1n) is 10.3. The van der Waals surface area contributed by atoms with E-state index in [0.717, 1.165) is 31.3 Å². The second-order valence-corrected chi connectivity index (χ2v) is 9.16. The van der Waals surface area contributed by atoms with Gasteiger partial charge in [0.1, 0.15) is 5.75 Å². The molecule has 1 aliphatic rings. The lowest BCUT2D eigenvalue weighted by Gasteiger charge is -2.29. The number of methoxy groups -OCH3 is 1. The number of guanidine groups is 1. The molecule has 0 aliphatic carbocycles. The molecule has 0 aromatic heterocycles. The third-order valence-electron chi connectivity index (χ3n) is 5.09. The molecule has 0 amide bonds. The monoisotopic (exact) mass is 425 g/mol. The number of hydrogen-bond donors (Lipinski definition) is 3. The molecule has 1 aromatic rings. The minimum atomic E-state index is -3.13. The zero-order chi connectivity index (χ0) is 21.1. The van der Waals surface area contributed by atoms with Gasteiger partial charge in [-0.2, -0.15) is 0 Å². The average molecular weight is 426 g/mol. The highest BCUT2D eigenvalue weighted by Gasteiger charge is 2.24. The normalized spacial score (nSPS) is 16.6. The summed E-state index contributed by atoms with van der Waals surface area (Å²) in [6.07, 6.45) is 3.13. The predicted octanol–water partition coefficient (Wildman–Crippen LogP) is 1.33. The van der Waals surface area contributed by atoms with Crippen LogP contribution >= 0.6 is 0 Å². The summed E-state index contributed by atoms with van der Waals surface area (Å²) < 4.78 is 30.9. The molecule has 164 valence electrons. The molecule has 1 fully saturated rings. The molecule has 1 heterocycles. The molecule has 8 nitrogen and oxygen atoms in total. The van der Waals surface area contributed by atoms with Crippen molar-refractivity contribution in [1.82, 2.24) is 20.3 Å². The van der Waals surface area contributed by atoms with E-state index < -0.39 is 10.0 Å². The SMILES string of the molecule is CCS(=O)(=O)NCCCNC(=NC)NCC(c1cccc(OC)c1)N1CCCC1. The molecule has 2 rings (SSSR count). The van der Waals surface area contributed by atoms with Gasteiger partial charge in [-0.15, -0.1) is 0 Å². The van der Waals surface area contributed by atoms with Crippen molar-refractivity contribution in [2.24, 2.45) is 4.99 Å². The maximum atomic E-state index is 11.5. The van der Waals surface area contributed by atoms with Crippen LogP contribution in [0.1, 0.15) is 37.8 Å². The van der Waals surface area contributed by atoms with Crippen molar-refractivity contribution in [3.63, 3.8) is 0 Å². The molecule has 0 saturated carbocycles. The van der Waals surface area contributed by atoms with Crippen molar-refractivity contribution in [3.8, 4) is 5.75 Å². The van der Waals surface area contributed by atoms with Crippen LogP contribution in [0.3, 0.4) is 0 Å². The van der Waals surface area contributed by atoms with Crippen LogP contribution in [-0.2, 0) is 10.0 Å². The number of rotatable bonds is 11. The first kappa shape index (κ1) is 23.4. The zero-order valence-electron chi connectivity index (χ0n) is 17.8. The summed E-state index contributed by atoms with van der Waals surface area (Å²) in [5.41, 5.74) is 1.23. The van der Waals surface area contributed by atoms with Crippen LogP contribution in [-0.4, -0.2) is 71.9 Å². The lowest BCUT2D eigenvalue weighted by molar-refractivity contribution is 0.245. The molecule has 3 N–H and O–H groups in total. The van der Waals surface area contributed by atoms with E-state index in [4.69, 9.17) is 4.74 Å². The van der Waals surface area contributed by atoms with Crippen molar-refractivity contribution < 1.29 is 13.2 Å². The van der Waals surface area contributed by atoms with Gasteiger partial charge >= 0.3 is 0 Å². The van der Waals surface area contributed by atoms with Gasteiger partial charge in [-0.1, -0.05) is 12.1 Å². The van der Waals surface area contributed by atoms with Crippen molar-refractivity contribution >= 4 is 16.0 Å². The second kappa shape index (κ2) is 12.0. The Morgan fingerprint density at radius 3 is 2.66 bits per heavy atom. The quantitative estimate of drug-likeness (QED) is 0.281. The van der Waals surface area contributed by atoms with Crippen LogP contribution in [0.25, 0.3) is 0 Å². The van der Waals surface area contributed by atoms with Crippen LogP contribution in [0.15, 0.2) is 29.3 Å². The fourth-order valence-corrected chi connectivity index (χ4v) is 4.06. The van der Waals surface area contributed by atoms with Crippen LogP contribution < -0.4 is 20.1 Å². The molecule has 1 unspecified atom stereocenters. The number of hydrogen-bond acceptors (Lipinski definition) is 5. The zero-order valence-corrected chi connectivity index (χ0v) is 18.6. The topological polar surface area (TPSA) is 95.1 Å². The Bertz CT molecular complexity index is 748. The van der Waals surface area contributed by atoms with Gasteiger partial charge in [0, 0.05) is 26.7 Å². The van der Waals surface area contributed by atoms with Gasteiger partial charge in [-0.3, -0.25) is 9.89 Å². The molecule has 1 atom stereocenters. The van der Waals surface area contributed by atoms with E-state index in [9.17, 15) is 8.42 Å². The van der Waals surface area contributed by atoms with Crippen LogP contribution in [0, 0.1) is 0 Å². The van der Waals surface area contributed by atoms with Gasteiger partial charge in [0.05, 0.1) is 18.9 Å². The van der Waals surface area contributed by atoms with Crippen LogP contribution in [0.5, 0.6) is 5.75 Å². The van der Waals surface area contributed by atoms with Crippen molar-refractivity contribution in [2.45, 2.75) is 32.2 Å². The summed E-state index contributed by atoms with van der Waals surface area (Å²) in [5.74, 6) is 1.69. The summed E-state index contributed by atoms with van der Waals surface area (Å²) in [6.45, 7) is 5.60. The number of benzene rings is 1. The second-order valence-electron chi connectivity index (χ2n) is 7.07. The molecule has 1 aliphatic heterocycles. The molecule has 1 aromatic carbocycles. The highest BCUT2D eigenvalue weighted by molar-refractivity contribution is 7.89. The molecular weight excluding hydrogens is 390 g/mol. The Hall–Kier alpha value is -1.84. The van der Waals surface area contributed by atoms with E-state index in [1.54, 1.807) is 21.1 Å². The van der Waals surface area contributed by atoms with Gasteiger partial charge in [0.25, 0.3) is 0 Å². The molecule has 0 radical (unpaired) electrons. The molecular formula is C20H35N5O3S. The van der Waals surface area contributed by atoms with E-state index in [0.29, 0.717) is 19.5 Å². The third-order valence-corrected chi connectivity index (χ3v) is 6.50. The highest BCUT2D eigenvalue weighted by atomic mass is 32.2. The summed E-state index contributed by atoms with van der Waals surface area (Å²) in [7, 11) is 0.298. The molecule has 1 saturated heterocycles. The maximum Gasteiger partial charge on any atom is 0.211 e. The van der Waals surface area contributed by atoms with Gasteiger partial charge in [0.2, 0.25) is 10.0 Å². The van der Waals surface area contributed by atoms with E-state index in [-0.39, 0.29) is 11.8 Å². The largest absolute Gasteiger partial charge is 0.497 e. The number of sulfonamides is 1. The summed E-state index contributed by atoms with van der Waals surface area (Å²) >= 11 is 0. The average Bonchev–Trinajstić information content (AvgIpc) is 3.26. The predicted molar refractivity (Wildman–Crippen MR) is 118 cm³/mol. The fourth-order valence-electron chi connectivity index (χ4n) is 3.40. The summed E-state index contributed by atoms with van der Waals surface area (Å²) in [4.78, 5) is 6.78. The lowest BCUT2D eigenvalue weighted by atomic mass is 10.1. The van der Waals surface area contributed by atoms with E-state index in [1.807, 2.05) is 12.1 Å². The Morgan fingerprint density at radius 1 is 1.24 bits per heavy atom. The van der Waals surface area contributed by atoms with E-state index in [1.165, 1.54) is 18.4 Å². The Morgan fingerprint density at radius 2 is 2.00 bits per heavy atom. The number of nitrogens with one attached hydrogen (secondary N) is 3. The van der Waals surface area contributed by atoms with Gasteiger partial charge < -0.3 is 15.4 Å². The molecule has 9 heteroatoms. The first-order chi connectivity index (χ1) is 14.0. The van der Waals surface area contributed by atoms with Gasteiger partial charge in [0.15, 0.2) is 5.96 Å². The fraction of sp³-hybridized carbons (Fsp3) is 0.650. The lowest BCUT2D eigenvalue weighted by Crippen LogP contribution is -2.43. The number of aliphatic imine (C=N–C) groups is 1. The highest BCUT2D eigenvalue weighted by Crippen LogP contribution is 2.27. The Balaban J connectivity index is 1.88. The molecule has 29 heavy (non-hydrogen) atoms. The number of ether oxygens (including phenoxy) is 1. The van der Waals surface area contributed by atoms with Crippen molar-refractivity contribution in [3.05, 3.63) is 29.8 Å². The summed E-state index contributed by atoms with van der Waals surface area (Å²) in [5, 5.41) is 6.67. The van der Waals surface area contributed by atoms with E-state index in [2.05, 4.69) is 37.4 Å². The van der Waals surface area contributed by atoms with Crippen LogP contribution in [0.4, 0.5) is 0 Å². The smallest absolute Gasteiger partial charge is 0.211 e. The van der Waals surface area contributed by atoms with Crippen molar-refractivity contribution in [1.29, 1.82) is 0 Å². The molecule has 0 spiro atoms. The first-order valence-corrected chi connectivity index (χ1v) is 11.9. The minimum absolute atomic E-state index is 0.103.